The van der Waals surface area contributed by atoms with Gasteiger partial charge in [0.15, 0.2) is 0 Å². The van der Waals surface area contributed by atoms with Gasteiger partial charge >= 0.3 is 6.18 Å². The molecule has 0 spiro atoms. The van der Waals surface area contributed by atoms with E-state index in [9.17, 15) is 18.0 Å². The number of benzene rings is 1. The highest BCUT2D eigenvalue weighted by Crippen LogP contribution is 2.40. The summed E-state index contributed by atoms with van der Waals surface area (Å²) in [6.07, 6.45) is -4.36. The largest absolute Gasteiger partial charge is 0.416 e. The Labute approximate surface area is 143 Å². The Morgan fingerprint density at radius 2 is 2.04 bits per heavy atom. The summed E-state index contributed by atoms with van der Waals surface area (Å²) in [5.41, 5.74) is -0.0975. The van der Waals surface area contributed by atoms with E-state index in [0.29, 0.717) is 17.9 Å². The molecule has 2 fully saturated rings. The van der Waals surface area contributed by atoms with Crippen molar-refractivity contribution in [2.45, 2.75) is 11.6 Å². The van der Waals surface area contributed by atoms with Gasteiger partial charge in [0.1, 0.15) is 31.6 Å². The van der Waals surface area contributed by atoms with E-state index in [1.54, 1.807) is 11.0 Å². The Hall–Kier alpha value is -1.25. The summed E-state index contributed by atoms with van der Waals surface area (Å²) in [4.78, 5) is 15.4. The summed E-state index contributed by atoms with van der Waals surface area (Å²) >= 11 is 1.41. The van der Waals surface area contributed by atoms with Gasteiger partial charge in [-0.25, -0.2) is 0 Å². The lowest BCUT2D eigenvalue weighted by molar-refractivity contribution is -0.946. The number of nitrogens with two attached hydrogens (primary N) is 1. The predicted octanol–water partition coefficient (Wildman–Crippen LogP) is -0.259. The van der Waals surface area contributed by atoms with E-state index in [-0.39, 0.29) is 11.3 Å². The SMILES string of the molecule is O=C1CS[C@@H](c2cccc(C(F)(F)F)c2)N1CC[NH+]1CC[NH2+]CC1. The second kappa shape index (κ2) is 7.33. The van der Waals surface area contributed by atoms with Crippen LogP contribution in [-0.2, 0) is 11.0 Å². The zero-order valence-corrected chi connectivity index (χ0v) is 14.1. The molecule has 2 heterocycles. The van der Waals surface area contributed by atoms with E-state index in [0.717, 1.165) is 38.8 Å². The monoisotopic (exact) mass is 361 g/mol. The highest BCUT2D eigenvalue weighted by atomic mass is 32.2. The van der Waals surface area contributed by atoms with E-state index in [2.05, 4.69) is 5.32 Å². The van der Waals surface area contributed by atoms with Gasteiger partial charge in [-0.05, 0) is 17.7 Å². The Balaban J connectivity index is 1.70. The summed E-state index contributed by atoms with van der Waals surface area (Å²) in [5, 5.41) is 1.97. The number of quaternary nitrogens is 2. The maximum atomic E-state index is 12.9. The number of hydrogen-bond acceptors (Lipinski definition) is 2. The number of rotatable bonds is 4. The van der Waals surface area contributed by atoms with Crippen LogP contribution >= 0.6 is 11.8 Å². The lowest BCUT2D eigenvalue weighted by Gasteiger charge is -2.28. The molecule has 3 N–H and O–H groups in total. The van der Waals surface area contributed by atoms with Crippen LogP contribution in [0.4, 0.5) is 13.2 Å². The molecule has 2 aliphatic rings. The van der Waals surface area contributed by atoms with E-state index in [1.165, 1.54) is 28.8 Å². The van der Waals surface area contributed by atoms with E-state index in [4.69, 9.17) is 0 Å². The Bertz CT molecular complexity index is 590. The van der Waals surface area contributed by atoms with Crippen LogP contribution < -0.4 is 10.2 Å². The fourth-order valence-corrected chi connectivity index (χ4v) is 4.46. The quantitative estimate of drug-likeness (QED) is 0.776. The van der Waals surface area contributed by atoms with Gasteiger partial charge in [0, 0.05) is 0 Å². The van der Waals surface area contributed by atoms with Crippen LogP contribution in [0.3, 0.4) is 0 Å². The van der Waals surface area contributed by atoms with Crippen molar-refractivity contribution in [3.63, 3.8) is 0 Å². The molecule has 0 radical (unpaired) electrons. The fourth-order valence-electron chi connectivity index (χ4n) is 3.25. The minimum atomic E-state index is -4.36. The summed E-state index contributed by atoms with van der Waals surface area (Å²) < 4.78 is 38.8. The second-order valence-electron chi connectivity index (χ2n) is 6.24. The number of nitrogens with zero attached hydrogens (tertiary/aromatic N) is 1. The summed E-state index contributed by atoms with van der Waals surface area (Å²) in [5.74, 6) is 0.356. The van der Waals surface area contributed by atoms with E-state index in [1.807, 2.05) is 0 Å². The van der Waals surface area contributed by atoms with Crippen molar-refractivity contribution in [1.29, 1.82) is 0 Å². The summed E-state index contributed by atoms with van der Waals surface area (Å²) in [6, 6.07) is 5.35. The number of carbonyl (C=O) groups is 1. The molecule has 0 saturated carbocycles. The molecule has 8 heteroatoms. The summed E-state index contributed by atoms with van der Waals surface area (Å²) in [7, 11) is 0. The average molecular weight is 361 g/mol. The predicted molar refractivity (Wildman–Crippen MR) is 85.6 cm³/mol. The molecular weight excluding hydrogens is 339 g/mol. The molecule has 2 saturated heterocycles. The molecule has 1 atom stereocenters. The zero-order chi connectivity index (χ0) is 17.2. The highest BCUT2D eigenvalue weighted by molar-refractivity contribution is 8.00. The molecule has 3 rings (SSSR count). The fraction of sp³-hybridized carbons (Fsp3) is 0.562. The summed E-state index contributed by atoms with van der Waals surface area (Å²) in [6.45, 7) is 5.79. The van der Waals surface area contributed by atoms with E-state index < -0.39 is 11.7 Å². The molecule has 0 bridgehead atoms. The maximum Gasteiger partial charge on any atom is 0.416 e. The lowest BCUT2D eigenvalue weighted by Crippen LogP contribution is -3.20. The normalized spacial score (nSPS) is 23.0. The first-order chi connectivity index (χ1) is 11.4. The van der Waals surface area contributed by atoms with Crippen LogP contribution in [0.25, 0.3) is 0 Å². The maximum absolute atomic E-state index is 12.9. The minimum absolute atomic E-state index is 0.0189. The Morgan fingerprint density at radius 3 is 2.75 bits per heavy atom. The average Bonchev–Trinajstić information content (AvgIpc) is 2.94. The van der Waals surface area contributed by atoms with Gasteiger partial charge in [0.2, 0.25) is 5.91 Å². The molecule has 0 aliphatic carbocycles. The van der Waals surface area contributed by atoms with Gasteiger partial charge in [-0.3, -0.25) is 4.79 Å². The second-order valence-corrected chi connectivity index (χ2v) is 7.31. The van der Waals surface area contributed by atoms with Crippen molar-refractivity contribution in [3.8, 4) is 0 Å². The number of hydrogen-bond donors (Lipinski definition) is 2. The van der Waals surface area contributed by atoms with Gasteiger partial charge in [-0.2, -0.15) is 13.2 Å². The first-order valence-electron chi connectivity index (χ1n) is 8.18. The van der Waals surface area contributed by atoms with Crippen molar-refractivity contribution in [3.05, 3.63) is 35.4 Å². The standard InChI is InChI=1S/C16H20F3N3OS/c17-16(18,19)13-3-1-2-12(10-13)15-22(14(23)11-24-15)9-8-21-6-4-20-5-7-21/h1-3,10,15,20H,4-9,11H2/p+2/t15-/m0/s1. The van der Waals surface area contributed by atoms with Gasteiger partial charge in [0.25, 0.3) is 0 Å². The third kappa shape index (κ3) is 4.04. The smallest absolute Gasteiger partial charge is 0.337 e. The van der Waals surface area contributed by atoms with Gasteiger partial charge in [-0.1, -0.05) is 12.1 Å². The molecule has 1 aromatic carbocycles. The van der Waals surface area contributed by atoms with Crippen molar-refractivity contribution in [1.82, 2.24) is 4.90 Å². The number of piperazine rings is 1. The molecule has 0 unspecified atom stereocenters. The Kier molecular flexibility index (Phi) is 5.36. The molecule has 4 nitrogen and oxygen atoms in total. The van der Waals surface area contributed by atoms with Crippen LogP contribution in [0.1, 0.15) is 16.5 Å². The van der Waals surface area contributed by atoms with Crippen LogP contribution in [0, 0.1) is 0 Å². The molecule has 132 valence electrons. The van der Waals surface area contributed by atoms with Crippen LogP contribution in [0.15, 0.2) is 24.3 Å². The zero-order valence-electron chi connectivity index (χ0n) is 13.3. The van der Waals surface area contributed by atoms with Gasteiger partial charge < -0.3 is 15.1 Å². The highest BCUT2D eigenvalue weighted by Gasteiger charge is 2.36. The van der Waals surface area contributed by atoms with Crippen molar-refractivity contribution >= 4 is 17.7 Å². The molecule has 0 aromatic heterocycles. The minimum Gasteiger partial charge on any atom is -0.337 e. The number of halogens is 3. The van der Waals surface area contributed by atoms with Crippen molar-refractivity contribution < 1.29 is 28.2 Å². The third-order valence-electron chi connectivity index (χ3n) is 4.58. The van der Waals surface area contributed by atoms with Crippen molar-refractivity contribution in [2.75, 3.05) is 45.0 Å². The number of alkyl halides is 3. The van der Waals surface area contributed by atoms with Crippen molar-refractivity contribution in [2.24, 2.45) is 0 Å². The molecule has 1 amide bonds. The first-order valence-corrected chi connectivity index (χ1v) is 9.23. The Morgan fingerprint density at radius 1 is 1.29 bits per heavy atom. The third-order valence-corrected chi connectivity index (χ3v) is 5.83. The topological polar surface area (TPSA) is 41.4 Å². The molecule has 2 aliphatic heterocycles. The number of nitrogens with one attached hydrogen (secondary N) is 1. The molecule has 24 heavy (non-hydrogen) atoms. The number of amides is 1. The molecule has 1 aromatic rings. The van der Waals surface area contributed by atoms with Gasteiger partial charge in [-0.15, -0.1) is 11.8 Å². The van der Waals surface area contributed by atoms with Crippen LogP contribution in [-0.4, -0.2) is 55.8 Å². The first kappa shape index (κ1) is 17.6. The number of thioether (sulfide) groups is 1. The van der Waals surface area contributed by atoms with E-state index >= 15 is 0 Å². The van der Waals surface area contributed by atoms with Crippen LogP contribution in [0.2, 0.25) is 0 Å². The van der Waals surface area contributed by atoms with Crippen LogP contribution in [0.5, 0.6) is 0 Å². The number of carbonyl (C=O) groups excluding carboxylic acids is 1. The van der Waals surface area contributed by atoms with Gasteiger partial charge in [0.05, 0.1) is 24.4 Å². The molecular formula is C16H22F3N3OS+2. The lowest BCUT2D eigenvalue weighted by atomic mass is 10.1.